The molecular formula is C5H13NO2. The molecular weight excluding hydrogens is 106 g/mol. The van der Waals surface area contributed by atoms with Gasteiger partial charge >= 0.3 is 0 Å². The summed E-state index contributed by atoms with van der Waals surface area (Å²) in [4.78, 5) is 0. The minimum Gasteiger partial charge on any atom is -0.394 e. The molecule has 0 amide bonds. The maximum absolute atomic E-state index is 8.75. The highest BCUT2D eigenvalue weighted by Gasteiger charge is 2.09. The molecule has 0 saturated carbocycles. The lowest BCUT2D eigenvalue weighted by Gasteiger charge is -2.12. The van der Waals surface area contributed by atoms with Gasteiger partial charge in [0.15, 0.2) is 0 Å². The van der Waals surface area contributed by atoms with Crippen LogP contribution >= 0.6 is 0 Å². The second kappa shape index (κ2) is 3.83. The highest BCUT2D eigenvalue weighted by Crippen LogP contribution is 1.92. The van der Waals surface area contributed by atoms with Gasteiger partial charge in [-0.25, -0.2) is 0 Å². The van der Waals surface area contributed by atoms with Gasteiger partial charge in [0.25, 0.3) is 0 Å². The molecule has 50 valence electrons. The van der Waals surface area contributed by atoms with Crippen molar-refractivity contribution in [2.24, 2.45) is 5.73 Å². The van der Waals surface area contributed by atoms with Crippen molar-refractivity contribution in [2.45, 2.75) is 25.5 Å². The molecule has 2 atom stereocenters. The van der Waals surface area contributed by atoms with Gasteiger partial charge in [-0.05, 0) is 6.42 Å². The third kappa shape index (κ3) is 2.26. The molecule has 0 spiro atoms. The number of aliphatic hydroxyl groups excluding tert-OH is 2. The summed E-state index contributed by atoms with van der Waals surface area (Å²) in [5.41, 5.74) is 5.32. The van der Waals surface area contributed by atoms with Crippen molar-refractivity contribution in [1.82, 2.24) is 0 Å². The molecule has 0 aromatic carbocycles. The SMILES string of the molecule is CC[C@H](N)[C@H](O)CO. The van der Waals surface area contributed by atoms with E-state index in [9.17, 15) is 0 Å². The quantitative estimate of drug-likeness (QED) is 0.450. The van der Waals surface area contributed by atoms with Gasteiger partial charge < -0.3 is 15.9 Å². The Labute approximate surface area is 49.1 Å². The standard InChI is InChI=1S/C5H13NO2/c1-2-4(6)5(8)3-7/h4-5,7-8H,2-3,6H2,1H3/t4-,5+/m0/s1. The Morgan fingerprint density at radius 3 is 2.25 bits per heavy atom. The minimum atomic E-state index is -0.750. The van der Waals surface area contributed by atoms with Gasteiger partial charge in [-0.1, -0.05) is 6.92 Å². The number of rotatable bonds is 3. The largest absolute Gasteiger partial charge is 0.394 e. The Hall–Kier alpha value is -0.120. The van der Waals surface area contributed by atoms with Gasteiger partial charge in [0.1, 0.15) is 0 Å². The lowest BCUT2D eigenvalue weighted by molar-refractivity contribution is 0.0732. The fourth-order valence-corrected chi connectivity index (χ4v) is 0.407. The fourth-order valence-electron chi connectivity index (χ4n) is 0.407. The van der Waals surface area contributed by atoms with Crippen LogP contribution < -0.4 is 5.73 Å². The first-order chi connectivity index (χ1) is 3.72. The second-order valence-corrected chi connectivity index (χ2v) is 1.82. The average molecular weight is 119 g/mol. The summed E-state index contributed by atoms with van der Waals surface area (Å²) in [6, 6.07) is -0.278. The molecule has 3 nitrogen and oxygen atoms in total. The highest BCUT2D eigenvalue weighted by molar-refractivity contribution is 4.67. The molecule has 3 heteroatoms. The van der Waals surface area contributed by atoms with Crippen LogP contribution in [0.2, 0.25) is 0 Å². The Kier molecular flexibility index (Phi) is 3.77. The third-order valence-electron chi connectivity index (χ3n) is 1.15. The Morgan fingerprint density at radius 2 is 2.12 bits per heavy atom. The van der Waals surface area contributed by atoms with E-state index in [4.69, 9.17) is 15.9 Å². The van der Waals surface area contributed by atoms with Crippen molar-refractivity contribution in [3.63, 3.8) is 0 Å². The molecule has 8 heavy (non-hydrogen) atoms. The number of aliphatic hydroxyl groups is 2. The molecule has 0 bridgehead atoms. The van der Waals surface area contributed by atoms with E-state index >= 15 is 0 Å². The van der Waals surface area contributed by atoms with E-state index in [-0.39, 0.29) is 12.6 Å². The maximum Gasteiger partial charge on any atom is 0.0921 e. The van der Waals surface area contributed by atoms with Gasteiger partial charge in [0.2, 0.25) is 0 Å². The first-order valence-electron chi connectivity index (χ1n) is 2.76. The predicted molar refractivity (Wildman–Crippen MR) is 31.4 cm³/mol. The highest BCUT2D eigenvalue weighted by atomic mass is 16.3. The summed E-state index contributed by atoms with van der Waals surface area (Å²) >= 11 is 0. The van der Waals surface area contributed by atoms with E-state index in [1.54, 1.807) is 0 Å². The second-order valence-electron chi connectivity index (χ2n) is 1.82. The Balaban J connectivity index is 3.29. The molecule has 0 saturated heterocycles. The van der Waals surface area contributed by atoms with E-state index in [1.165, 1.54) is 0 Å². The van der Waals surface area contributed by atoms with Crippen LogP contribution in [0.3, 0.4) is 0 Å². The van der Waals surface area contributed by atoms with E-state index in [1.807, 2.05) is 6.92 Å². The van der Waals surface area contributed by atoms with E-state index in [0.29, 0.717) is 6.42 Å². The zero-order chi connectivity index (χ0) is 6.57. The summed E-state index contributed by atoms with van der Waals surface area (Å²) < 4.78 is 0. The molecule has 0 aromatic rings. The van der Waals surface area contributed by atoms with Crippen molar-refractivity contribution in [3.05, 3.63) is 0 Å². The van der Waals surface area contributed by atoms with Crippen LogP contribution in [0, 0.1) is 0 Å². The number of hydrogen-bond donors (Lipinski definition) is 3. The molecule has 0 aliphatic carbocycles. The molecule has 0 aliphatic heterocycles. The van der Waals surface area contributed by atoms with E-state index in [0.717, 1.165) is 0 Å². The van der Waals surface area contributed by atoms with Gasteiger partial charge in [-0.2, -0.15) is 0 Å². The average Bonchev–Trinajstić information content (AvgIpc) is 1.84. The topological polar surface area (TPSA) is 66.5 Å². The maximum atomic E-state index is 8.75. The van der Waals surface area contributed by atoms with Crippen LogP contribution in [0.25, 0.3) is 0 Å². The lowest BCUT2D eigenvalue weighted by atomic mass is 10.1. The van der Waals surface area contributed by atoms with Crippen LogP contribution in [0.15, 0.2) is 0 Å². The Bertz CT molecular complexity index is 50.4. The summed E-state index contributed by atoms with van der Waals surface area (Å²) in [5, 5.41) is 17.1. The smallest absolute Gasteiger partial charge is 0.0921 e. The molecule has 0 fully saturated rings. The van der Waals surface area contributed by atoms with Crippen molar-refractivity contribution in [3.8, 4) is 0 Å². The first-order valence-corrected chi connectivity index (χ1v) is 2.76. The molecule has 4 N–H and O–H groups in total. The van der Waals surface area contributed by atoms with Crippen LogP contribution in [0.5, 0.6) is 0 Å². The molecule has 0 radical (unpaired) electrons. The first kappa shape index (κ1) is 7.88. The minimum absolute atomic E-state index is 0.241. The summed E-state index contributed by atoms with van der Waals surface area (Å²) in [5.74, 6) is 0. The molecule has 0 aliphatic rings. The van der Waals surface area contributed by atoms with Crippen molar-refractivity contribution >= 4 is 0 Å². The predicted octanol–water partition coefficient (Wildman–Crippen LogP) is -0.923. The normalized spacial score (nSPS) is 18.0. The van der Waals surface area contributed by atoms with Crippen molar-refractivity contribution in [2.75, 3.05) is 6.61 Å². The molecule has 0 aromatic heterocycles. The third-order valence-corrected chi connectivity index (χ3v) is 1.15. The number of hydrogen-bond acceptors (Lipinski definition) is 3. The van der Waals surface area contributed by atoms with Gasteiger partial charge in [-0.3, -0.25) is 0 Å². The van der Waals surface area contributed by atoms with E-state index < -0.39 is 6.10 Å². The van der Waals surface area contributed by atoms with Crippen LogP contribution in [0.4, 0.5) is 0 Å². The van der Waals surface area contributed by atoms with Crippen LogP contribution in [0.1, 0.15) is 13.3 Å². The van der Waals surface area contributed by atoms with Gasteiger partial charge in [0, 0.05) is 6.04 Å². The lowest BCUT2D eigenvalue weighted by Crippen LogP contribution is -2.36. The van der Waals surface area contributed by atoms with Crippen LogP contribution in [-0.4, -0.2) is 29.0 Å². The zero-order valence-corrected chi connectivity index (χ0v) is 5.04. The summed E-state index contributed by atoms with van der Waals surface area (Å²) in [6.07, 6.45) is -0.0538. The molecule has 0 heterocycles. The van der Waals surface area contributed by atoms with E-state index in [2.05, 4.69) is 0 Å². The Morgan fingerprint density at radius 1 is 1.62 bits per heavy atom. The zero-order valence-electron chi connectivity index (χ0n) is 5.04. The molecule has 0 rings (SSSR count). The van der Waals surface area contributed by atoms with Crippen molar-refractivity contribution < 1.29 is 10.2 Å². The number of nitrogens with two attached hydrogens (primary N) is 1. The fraction of sp³-hybridized carbons (Fsp3) is 1.00. The van der Waals surface area contributed by atoms with Gasteiger partial charge in [0.05, 0.1) is 12.7 Å². The molecule has 0 unspecified atom stereocenters. The van der Waals surface area contributed by atoms with Gasteiger partial charge in [-0.15, -0.1) is 0 Å². The van der Waals surface area contributed by atoms with Crippen LogP contribution in [-0.2, 0) is 0 Å². The summed E-state index contributed by atoms with van der Waals surface area (Å²) in [6.45, 7) is 1.62. The van der Waals surface area contributed by atoms with Crippen molar-refractivity contribution in [1.29, 1.82) is 0 Å². The summed E-state index contributed by atoms with van der Waals surface area (Å²) in [7, 11) is 0. The monoisotopic (exact) mass is 119 g/mol.